The van der Waals surface area contributed by atoms with Crippen LogP contribution in [0.25, 0.3) is 0 Å². The number of aromatic nitrogens is 3. The van der Waals surface area contributed by atoms with E-state index < -0.39 is 18.3 Å². The molecule has 0 saturated carbocycles. The Morgan fingerprint density at radius 2 is 1.91 bits per heavy atom. The van der Waals surface area contributed by atoms with Gasteiger partial charge in [0, 0.05) is 56.5 Å². The summed E-state index contributed by atoms with van der Waals surface area (Å²) < 4.78 is 27.3. The van der Waals surface area contributed by atoms with Crippen LogP contribution in [0.3, 0.4) is 0 Å². The Labute approximate surface area is 195 Å². The SMILES string of the molecule is Cc1ccc([C@@H]2CCON2C(=O)C2CCN(c3nccc(N4CCC(F)(F)C4=O)n3)CC2)cn1. The number of hydrogen-bond donors (Lipinski definition) is 0. The van der Waals surface area contributed by atoms with Crippen molar-refractivity contribution >= 4 is 23.6 Å². The zero-order valence-electron chi connectivity index (χ0n) is 18.9. The van der Waals surface area contributed by atoms with Gasteiger partial charge in [-0.3, -0.25) is 24.3 Å². The summed E-state index contributed by atoms with van der Waals surface area (Å²) in [7, 11) is 0. The van der Waals surface area contributed by atoms with Crippen molar-refractivity contribution in [3.8, 4) is 0 Å². The molecule has 5 heterocycles. The number of carbonyl (C=O) groups is 2. The average molecular weight is 472 g/mol. The quantitative estimate of drug-likeness (QED) is 0.676. The molecule has 0 radical (unpaired) electrons. The largest absolute Gasteiger partial charge is 0.341 e. The molecule has 3 fully saturated rings. The molecule has 0 aliphatic carbocycles. The molecule has 0 bridgehead atoms. The van der Waals surface area contributed by atoms with Crippen LogP contribution in [-0.4, -0.2) is 64.0 Å². The highest BCUT2D eigenvalue weighted by Gasteiger charge is 2.49. The molecule has 0 N–H and O–H groups in total. The first-order chi connectivity index (χ1) is 16.3. The Morgan fingerprint density at radius 1 is 1.12 bits per heavy atom. The maximum Gasteiger partial charge on any atom is 0.326 e. The van der Waals surface area contributed by atoms with E-state index in [1.165, 1.54) is 17.3 Å². The summed E-state index contributed by atoms with van der Waals surface area (Å²) in [6, 6.07) is 5.23. The van der Waals surface area contributed by atoms with Crippen LogP contribution in [-0.2, 0) is 14.4 Å². The molecule has 3 aliphatic heterocycles. The van der Waals surface area contributed by atoms with Crippen molar-refractivity contribution in [3.05, 3.63) is 41.9 Å². The summed E-state index contributed by atoms with van der Waals surface area (Å²) >= 11 is 0. The van der Waals surface area contributed by atoms with Crippen molar-refractivity contribution < 1.29 is 23.2 Å². The third kappa shape index (κ3) is 4.20. The molecular formula is C23H26F2N6O3. The van der Waals surface area contributed by atoms with Crippen LogP contribution >= 0.6 is 0 Å². The van der Waals surface area contributed by atoms with Crippen LogP contribution in [0.4, 0.5) is 20.5 Å². The number of hydrogen-bond acceptors (Lipinski definition) is 7. The number of hydroxylamine groups is 2. The van der Waals surface area contributed by atoms with Gasteiger partial charge in [-0.15, -0.1) is 0 Å². The zero-order valence-corrected chi connectivity index (χ0v) is 18.9. The summed E-state index contributed by atoms with van der Waals surface area (Å²) in [5, 5.41) is 1.50. The van der Waals surface area contributed by atoms with Crippen molar-refractivity contribution in [1.82, 2.24) is 20.0 Å². The number of alkyl halides is 2. The molecule has 2 aromatic rings. The molecule has 2 aromatic heterocycles. The van der Waals surface area contributed by atoms with E-state index in [1.807, 2.05) is 24.0 Å². The number of carbonyl (C=O) groups excluding carboxylic acids is 2. The van der Waals surface area contributed by atoms with Gasteiger partial charge in [-0.05, 0) is 37.5 Å². The van der Waals surface area contributed by atoms with Crippen molar-refractivity contribution in [2.75, 3.05) is 36.0 Å². The molecule has 1 atom stereocenters. The lowest BCUT2D eigenvalue weighted by molar-refractivity contribution is -0.182. The first-order valence-electron chi connectivity index (χ1n) is 11.5. The number of pyridine rings is 1. The minimum absolute atomic E-state index is 0.0395. The van der Waals surface area contributed by atoms with E-state index in [-0.39, 0.29) is 30.2 Å². The van der Waals surface area contributed by atoms with E-state index in [0.717, 1.165) is 22.6 Å². The minimum atomic E-state index is -3.35. The molecule has 0 unspecified atom stereocenters. The lowest BCUT2D eigenvalue weighted by atomic mass is 9.95. The summed E-state index contributed by atoms with van der Waals surface area (Å²) in [5.41, 5.74) is 1.88. The number of piperidine rings is 1. The Balaban J connectivity index is 1.22. The fraction of sp³-hybridized carbons (Fsp3) is 0.522. The first kappa shape index (κ1) is 22.6. The van der Waals surface area contributed by atoms with Gasteiger partial charge < -0.3 is 4.90 Å². The molecule has 0 spiro atoms. The second kappa shape index (κ2) is 8.86. The van der Waals surface area contributed by atoms with Gasteiger partial charge in [-0.2, -0.15) is 13.8 Å². The second-order valence-electron chi connectivity index (χ2n) is 8.92. The van der Waals surface area contributed by atoms with Crippen LogP contribution in [0.15, 0.2) is 30.6 Å². The third-order valence-corrected chi connectivity index (χ3v) is 6.68. The maximum absolute atomic E-state index is 13.6. The van der Waals surface area contributed by atoms with Gasteiger partial charge in [0.25, 0.3) is 5.91 Å². The van der Waals surface area contributed by atoms with E-state index in [2.05, 4.69) is 15.0 Å². The molecule has 2 amide bonds. The van der Waals surface area contributed by atoms with Crippen molar-refractivity contribution in [2.45, 2.75) is 44.6 Å². The molecule has 3 saturated heterocycles. The standard InChI is InChI=1S/C23H26F2N6O3/c1-15-2-3-17(14-27-15)18-7-13-34-31(18)20(32)16-5-10-29(11-6-16)22-26-9-4-19(28-22)30-12-8-23(24,25)21(30)33/h2-4,9,14,16,18H,5-8,10-13H2,1H3/t18-/m0/s1. The van der Waals surface area contributed by atoms with Gasteiger partial charge in [0.05, 0.1) is 12.6 Å². The minimum Gasteiger partial charge on any atom is -0.341 e. The predicted octanol–water partition coefficient (Wildman–Crippen LogP) is 2.67. The van der Waals surface area contributed by atoms with E-state index in [1.54, 1.807) is 6.20 Å². The lowest BCUT2D eigenvalue weighted by Gasteiger charge is -2.34. The number of aryl methyl sites for hydroxylation is 1. The Bertz CT molecular complexity index is 1070. The number of amides is 2. The molecule has 9 nitrogen and oxygen atoms in total. The highest BCUT2D eigenvalue weighted by Crippen LogP contribution is 2.34. The van der Waals surface area contributed by atoms with Crippen molar-refractivity contribution in [2.24, 2.45) is 5.92 Å². The lowest BCUT2D eigenvalue weighted by Crippen LogP contribution is -2.42. The maximum atomic E-state index is 13.6. The Kier molecular flexibility index (Phi) is 5.88. The summed E-state index contributed by atoms with van der Waals surface area (Å²) in [5.74, 6) is -4.28. The topological polar surface area (TPSA) is 91.8 Å². The highest BCUT2D eigenvalue weighted by atomic mass is 19.3. The predicted molar refractivity (Wildman–Crippen MR) is 118 cm³/mol. The highest BCUT2D eigenvalue weighted by molar-refractivity contribution is 5.99. The Hall–Kier alpha value is -3.21. The zero-order chi connectivity index (χ0) is 23.9. The van der Waals surface area contributed by atoms with Gasteiger partial charge in [0.15, 0.2) is 0 Å². The summed E-state index contributed by atoms with van der Waals surface area (Å²) in [6.07, 6.45) is 4.65. The van der Waals surface area contributed by atoms with Crippen LogP contribution in [0, 0.1) is 12.8 Å². The van der Waals surface area contributed by atoms with Crippen molar-refractivity contribution in [3.63, 3.8) is 0 Å². The van der Waals surface area contributed by atoms with Crippen LogP contribution in [0.1, 0.15) is 43.0 Å². The monoisotopic (exact) mass is 472 g/mol. The summed E-state index contributed by atoms with van der Waals surface area (Å²) in [6.45, 7) is 3.40. The number of rotatable bonds is 4. The fourth-order valence-electron chi connectivity index (χ4n) is 4.69. The second-order valence-corrected chi connectivity index (χ2v) is 8.92. The number of anilines is 2. The van der Waals surface area contributed by atoms with Crippen molar-refractivity contribution in [1.29, 1.82) is 0 Å². The van der Waals surface area contributed by atoms with Gasteiger partial charge in [-0.25, -0.2) is 10.0 Å². The third-order valence-electron chi connectivity index (χ3n) is 6.68. The number of nitrogens with zero attached hydrogens (tertiary/aromatic N) is 6. The normalized spacial score (nSPS) is 23.1. The van der Waals surface area contributed by atoms with E-state index in [9.17, 15) is 18.4 Å². The molecule has 0 aromatic carbocycles. The smallest absolute Gasteiger partial charge is 0.326 e. The van der Waals surface area contributed by atoms with Gasteiger partial charge in [0.2, 0.25) is 11.9 Å². The van der Waals surface area contributed by atoms with Gasteiger partial charge >= 0.3 is 5.92 Å². The Morgan fingerprint density at radius 3 is 2.59 bits per heavy atom. The van der Waals surface area contributed by atoms with E-state index in [0.29, 0.717) is 38.5 Å². The first-order valence-corrected chi connectivity index (χ1v) is 11.5. The van der Waals surface area contributed by atoms with Crippen LogP contribution in [0.2, 0.25) is 0 Å². The molecule has 3 aliphatic rings. The molecule has 180 valence electrons. The molecule has 5 rings (SSSR count). The van der Waals surface area contributed by atoms with Crippen LogP contribution < -0.4 is 9.80 Å². The van der Waals surface area contributed by atoms with E-state index in [4.69, 9.17) is 4.84 Å². The molecule has 34 heavy (non-hydrogen) atoms. The molecule has 11 heteroatoms. The van der Waals surface area contributed by atoms with E-state index >= 15 is 0 Å². The molecular weight excluding hydrogens is 446 g/mol. The van der Waals surface area contributed by atoms with Gasteiger partial charge in [0.1, 0.15) is 5.82 Å². The fourth-order valence-corrected chi connectivity index (χ4v) is 4.69. The number of halogens is 2. The van der Waals surface area contributed by atoms with Crippen LogP contribution in [0.5, 0.6) is 0 Å². The van der Waals surface area contributed by atoms with Gasteiger partial charge in [-0.1, -0.05) is 6.07 Å². The summed E-state index contributed by atoms with van der Waals surface area (Å²) in [4.78, 5) is 46.8. The average Bonchev–Trinajstić information content (AvgIpc) is 3.44.